The van der Waals surface area contributed by atoms with Gasteiger partial charge in [-0.25, -0.2) is 8.88 Å². The Morgan fingerprint density at radius 1 is 1.78 bits per heavy atom. The van der Waals surface area contributed by atoms with Crippen molar-refractivity contribution < 1.29 is 23.2 Å². The summed E-state index contributed by atoms with van der Waals surface area (Å²) in [4.78, 5) is 16.3. The standard InChI is InChI=1S/BrH4NO5P2/c1-2-9(5,6)7-8(3)4/h8H,(H,3,4)(H2,2,5,6). The molecule has 2 atom stereocenters. The fourth-order valence-electron chi connectivity index (χ4n) is 0.123. The number of halogens is 1. The quantitative estimate of drug-likeness (QED) is 0.487. The van der Waals surface area contributed by atoms with Crippen molar-refractivity contribution in [2.75, 3.05) is 0 Å². The van der Waals surface area contributed by atoms with E-state index in [1.165, 1.54) is 0 Å². The van der Waals surface area contributed by atoms with Gasteiger partial charge < -0.3 is 9.79 Å². The van der Waals surface area contributed by atoms with Gasteiger partial charge in [0.2, 0.25) is 0 Å². The Morgan fingerprint density at radius 3 is 2.33 bits per heavy atom. The topological polar surface area (TPSA) is 95.9 Å². The van der Waals surface area contributed by atoms with E-state index in [1.807, 2.05) is 0 Å². The lowest BCUT2D eigenvalue weighted by molar-refractivity contribution is 0.348. The smallest absolute Gasteiger partial charge is 0.326 e. The van der Waals surface area contributed by atoms with Gasteiger partial charge in [0.05, 0.1) is 0 Å². The van der Waals surface area contributed by atoms with Crippen molar-refractivity contribution in [1.82, 2.24) is 4.11 Å². The first kappa shape index (κ1) is 9.78. The highest BCUT2D eigenvalue weighted by atomic mass is 79.9. The molecule has 6 nitrogen and oxygen atoms in total. The minimum Gasteiger partial charge on any atom is -0.326 e. The molecule has 0 amide bonds. The zero-order chi connectivity index (χ0) is 7.49. The van der Waals surface area contributed by atoms with Crippen molar-refractivity contribution in [3.05, 3.63) is 0 Å². The van der Waals surface area contributed by atoms with Crippen molar-refractivity contribution in [1.29, 1.82) is 0 Å². The summed E-state index contributed by atoms with van der Waals surface area (Å²) in [5, 5.41) is 0. The van der Waals surface area contributed by atoms with Crippen molar-refractivity contribution in [2.24, 2.45) is 0 Å². The molecule has 0 aromatic carbocycles. The number of rotatable bonds is 3. The number of hydrogen-bond donors (Lipinski definition) is 3. The van der Waals surface area contributed by atoms with Crippen LogP contribution in [0.25, 0.3) is 0 Å². The molecule has 0 fully saturated rings. The van der Waals surface area contributed by atoms with Crippen molar-refractivity contribution in [3.63, 3.8) is 0 Å². The predicted molar refractivity (Wildman–Crippen MR) is 34.2 cm³/mol. The van der Waals surface area contributed by atoms with E-state index in [4.69, 9.17) is 9.79 Å². The van der Waals surface area contributed by atoms with Gasteiger partial charge in [-0.3, -0.25) is 4.57 Å². The molecule has 0 saturated heterocycles. The van der Waals surface area contributed by atoms with Crippen LogP contribution in [0.2, 0.25) is 0 Å². The third-order valence-corrected chi connectivity index (χ3v) is 3.48. The Hall–Kier alpha value is 0.780. The third kappa shape index (κ3) is 5.24. The van der Waals surface area contributed by atoms with Crippen LogP contribution in [-0.2, 0) is 13.4 Å². The summed E-state index contributed by atoms with van der Waals surface area (Å²) >= 11 is 2.38. The summed E-state index contributed by atoms with van der Waals surface area (Å²) in [6, 6.07) is 0. The van der Waals surface area contributed by atoms with Crippen molar-refractivity contribution in [3.8, 4) is 0 Å². The molecular formula is H4BrNO5P2. The van der Waals surface area contributed by atoms with E-state index in [-0.39, 0.29) is 0 Å². The van der Waals surface area contributed by atoms with Crippen LogP contribution in [0.3, 0.4) is 0 Å². The maximum absolute atomic E-state index is 10.2. The SMILES string of the molecule is O=[PH](O)OP(=O)(O)NBr. The van der Waals surface area contributed by atoms with Gasteiger partial charge >= 0.3 is 16.0 Å². The second kappa shape index (κ2) is 3.83. The zero-order valence-corrected chi connectivity index (χ0v) is 7.42. The Balaban J connectivity index is 3.88. The molecule has 0 radical (unpaired) electrons. The third-order valence-electron chi connectivity index (χ3n) is 0.309. The second-order valence-electron chi connectivity index (χ2n) is 0.962. The molecule has 0 saturated carbocycles. The maximum Gasteiger partial charge on any atom is 0.419 e. The van der Waals surface area contributed by atoms with Gasteiger partial charge in [0, 0.05) is 16.1 Å². The van der Waals surface area contributed by atoms with Crippen molar-refractivity contribution in [2.45, 2.75) is 0 Å². The molecule has 3 N–H and O–H groups in total. The van der Waals surface area contributed by atoms with Gasteiger partial charge in [-0.05, 0) is 0 Å². The van der Waals surface area contributed by atoms with Crippen LogP contribution < -0.4 is 4.11 Å². The van der Waals surface area contributed by atoms with Gasteiger partial charge in [0.1, 0.15) is 0 Å². The molecule has 56 valence electrons. The molecular weight excluding hydrogens is 236 g/mol. The van der Waals surface area contributed by atoms with E-state index in [1.54, 1.807) is 4.11 Å². The van der Waals surface area contributed by atoms with Crippen LogP contribution in [0.1, 0.15) is 0 Å². The van der Waals surface area contributed by atoms with E-state index in [2.05, 4.69) is 20.5 Å². The van der Waals surface area contributed by atoms with E-state index in [0.29, 0.717) is 0 Å². The summed E-state index contributed by atoms with van der Waals surface area (Å²) in [7, 11) is -7.44. The lowest BCUT2D eigenvalue weighted by Crippen LogP contribution is -1.93. The molecule has 0 heterocycles. The average molecular weight is 240 g/mol. The Kier molecular flexibility index (Phi) is 4.16. The van der Waals surface area contributed by atoms with E-state index < -0.39 is 16.0 Å². The highest BCUT2D eigenvalue weighted by Crippen LogP contribution is 2.46. The van der Waals surface area contributed by atoms with Crippen LogP contribution in [0.15, 0.2) is 0 Å². The van der Waals surface area contributed by atoms with Crippen LogP contribution in [0, 0.1) is 0 Å². The molecule has 0 rings (SSSR count). The molecule has 9 heavy (non-hydrogen) atoms. The number of hydrogen-bond acceptors (Lipinski definition) is 3. The molecule has 9 heteroatoms. The van der Waals surface area contributed by atoms with Gasteiger partial charge in [0.15, 0.2) is 0 Å². The monoisotopic (exact) mass is 239 g/mol. The number of nitrogens with one attached hydrogen (secondary N) is 1. The first-order chi connectivity index (χ1) is 3.98. The molecule has 0 aliphatic rings. The molecule has 0 aromatic heterocycles. The minimum absolute atomic E-state index is 1.64. The fraction of sp³-hybridized carbons (Fsp3) is 0. The second-order valence-corrected chi connectivity index (χ2v) is 4.50. The molecule has 0 spiro atoms. The summed E-state index contributed by atoms with van der Waals surface area (Å²) in [6.45, 7) is 0. The van der Waals surface area contributed by atoms with Crippen LogP contribution >= 0.6 is 32.1 Å². The average Bonchev–Trinajstić information content (AvgIpc) is 1.63. The van der Waals surface area contributed by atoms with E-state index >= 15 is 0 Å². The highest BCUT2D eigenvalue weighted by molar-refractivity contribution is 9.08. The summed E-state index contributed by atoms with van der Waals surface area (Å²) in [5.41, 5.74) is 0. The molecule has 0 aliphatic carbocycles. The van der Waals surface area contributed by atoms with Crippen LogP contribution in [0.4, 0.5) is 0 Å². The van der Waals surface area contributed by atoms with Crippen molar-refractivity contribution >= 4 is 32.1 Å². The fourth-order valence-corrected chi connectivity index (χ4v) is 1.76. The Labute approximate surface area is 60.1 Å². The normalized spacial score (nSPS) is 20.8. The Morgan fingerprint density at radius 2 is 2.22 bits per heavy atom. The predicted octanol–water partition coefficient (Wildman–Crippen LogP) is 0.385. The molecule has 0 aromatic rings. The van der Waals surface area contributed by atoms with Gasteiger partial charge in [-0.15, -0.1) is 0 Å². The van der Waals surface area contributed by atoms with Gasteiger partial charge in [0.25, 0.3) is 0 Å². The largest absolute Gasteiger partial charge is 0.419 e. The summed E-state index contributed by atoms with van der Waals surface area (Å²) in [5.74, 6) is 0. The molecule has 0 bridgehead atoms. The maximum atomic E-state index is 10.2. The minimum atomic E-state index is -4.08. The van der Waals surface area contributed by atoms with Crippen LogP contribution in [-0.4, -0.2) is 9.79 Å². The lowest BCUT2D eigenvalue weighted by atomic mass is 13.9. The van der Waals surface area contributed by atoms with Crippen LogP contribution in [0.5, 0.6) is 0 Å². The van der Waals surface area contributed by atoms with E-state index in [0.717, 1.165) is 0 Å². The first-order valence-electron chi connectivity index (χ1n) is 1.61. The summed E-state index contributed by atoms with van der Waals surface area (Å²) < 4.78 is 25.3. The zero-order valence-electron chi connectivity index (χ0n) is 3.94. The molecule has 2 unspecified atom stereocenters. The van der Waals surface area contributed by atoms with E-state index in [9.17, 15) is 9.13 Å². The lowest BCUT2D eigenvalue weighted by Gasteiger charge is -2.03. The van der Waals surface area contributed by atoms with Gasteiger partial charge in [-0.1, -0.05) is 0 Å². The molecule has 0 aliphatic heterocycles. The van der Waals surface area contributed by atoms with Gasteiger partial charge in [-0.2, -0.15) is 4.11 Å². The summed E-state index contributed by atoms with van der Waals surface area (Å²) in [6.07, 6.45) is 0. The first-order valence-corrected chi connectivity index (χ1v) is 5.24. The Bertz CT molecular complexity index is 155. The highest BCUT2D eigenvalue weighted by Gasteiger charge is 2.19.